The highest BCUT2D eigenvalue weighted by Crippen LogP contribution is 2.23. The number of Topliss-reactive ketones (excluding diaryl/α,β-unsaturated/α-hetero) is 2. The molecule has 1 N–H and O–H groups in total. The van der Waals surface area contributed by atoms with Gasteiger partial charge in [0.05, 0.1) is 12.1 Å². The van der Waals surface area contributed by atoms with Crippen molar-refractivity contribution >= 4 is 29.1 Å². The normalized spacial score (nSPS) is 13.3. The molecule has 3 rings (SSSR count). The summed E-state index contributed by atoms with van der Waals surface area (Å²) in [5.41, 5.74) is 3.85. The number of benzene rings is 2. The second kappa shape index (κ2) is 9.48. The number of carbonyl (C=O) groups excluding carboxylic acids is 4. The third-order valence-electron chi connectivity index (χ3n) is 5.22. The van der Waals surface area contributed by atoms with E-state index in [2.05, 4.69) is 5.32 Å². The monoisotopic (exact) mass is 407 g/mol. The van der Waals surface area contributed by atoms with Crippen LogP contribution in [0.1, 0.15) is 65.0 Å². The van der Waals surface area contributed by atoms with Crippen molar-refractivity contribution in [3.8, 4) is 0 Å². The molecule has 0 saturated carbocycles. The number of nitrogens with one attached hydrogen (secondary N) is 1. The van der Waals surface area contributed by atoms with Gasteiger partial charge in [0, 0.05) is 17.5 Å². The Bertz CT molecular complexity index is 995. The van der Waals surface area contributed by atoms with E-state index < -0.39 is 18.0 Å². The minimum absolute atomic E-state index is 0.0269. The lowest BCUT2D eigenvalue weighted by atomic mass is 10.0. The Kier molecular flexibility index (Phi) is 6.77. The quantitative estimate of drug-likeness (QED) is 0.529. The zero-order valence-corrected chi connectivity index (χ0v) is 17.2. The number of esters is 1. The molecule has 1 aliphatic rings. The van der Waals surface area contributed by atoms with Crippen molar-refractivity contribution in [3.63, 3.8) is 0 Å². The third-order valence-corrected chi connectivity index (χ3v) is 5.22. The maximum absolute atomic E-state index is 12.4. The lowest BCUT2D eigenvalue weighted by Crippen LogP contribution is -2.30. The van der Waals surface area contributed by atoms with E-state index in [1.165, 1.54) is 25.0 Å². The number of aryl methyl sites for hydroxylation is 2. The molecule has 2 aromatic rings. The lowest BCUT2D eigenvalue weighted by molar-refractivity contribution is -0.153. The minimum atomic E-state index is -1.05. The van der Waals surface area contributed by atoms with Crippen LogP contribution >= 0.6 is 0 Å². The van der Waals surface area contributed by atoms with Gasteiger partial charge in [-0.15, -0.1) is 0 Å². The lowest BCUT2D eigenvalue weighted by Gasteiger charge is -2.15. The number of rotatable bonds is 8. The fourth-order valence-corrected chi connectivity index (χ4v) is 3.55. The summed E-state index contributed by atoms with van der Waals surface area (Å²) in [7, 11) is 0. The number of hydrogen-bond acceptors (Lipinski definition) is 5. The van der Waals surface area contributed by atoms with Crippen molar-refractivity contribution in [2.45, 2.75) is 52.1 Å². The van der Waals surface area contributed by atoms with Gasteiger partial charge in [-0.2, -0.15) is 0 Å². The summed E-state index contributed by atoms with van der Waals surface area (Å²) in [6.07, 6.45) is 2.02. The fourth-order valence-electron chi connectivity index (χ4n) is 3.55. The largest absolute Gasteiger partial charge is 0.453 e. The van der Waals surface area contributed by atoms with E-state index in [1.807, 2.05) is 12.1 Å². The molecule has 6 nitrogen and oxygen atoms in total. The molecule has 0 aromatic heterocycles. The van der Waals surface area contributed by atoms with Crippen molar-refractivity contribution in [3.05, 3.63) is 64.7 Å². The fraction of sp³-hybridized carbons (Fsp3) is 0.333. The van der Waals surface area contributed by atoms with Crippen LogP contribution in [-0.4, -0.2) is 29.5 Å². The average Bonchev–Trinajstić information content (AvgIpc) is 3.20. The van der Waals surface area contributed by atoms with Crippen LogP contribution in [0.15, 0.2) is 42.5 Å². The van der Waals surface area contributed by atoms with Crippen LogP contribution in [-0.2, 0) is 27.2 Å². The average molecular weight is 407 g/mol. The van der Waals surface area contributed by atoms with Gasteiger partial charge in [0.15, 0.2) is 17.7 Å². The molecule has 2 aromatic carbocycles. The van der Waals surface area contributed by atoms with Gasteiger partial charge in [0.2, 0.25) is 0 Å². The maximum atomic E-state index is 12.4. The molecule has 1 amide bonds. The molecule has 0 radical (unpaired) electrons. The molecule has 30 heavy (non-hydrogen) atoms. The van der Waals surface area contributed by atoms with E-state index in [4.69, 9.17) is 4.74 Å². The first kappa shape index (κ1) is 21.4. The molecule has 0 saturated heterocycles. The van der Waals surface area contributed by atoms with Gasteiger partial charge in [-0.05, 0) is 62.4 Å². The molecule has 0 spiro atoms. The van der Waals surface area contributed by atoms with Gasteiger partial charge in [0.1, 0.15) is 0 Å². The number of amides is 1. The number of ether oxygens (including phenoxy) is 1. The molecule has 1 aliphatic carbocycles. The molecule has 6 heteroatoms. The Morgan fingerprint density at radius 1 is 1.00 bits per heavy atom. The van der Waals surface area contributed by atoms with E-state index in [-0.39, 0.29) is 24.4 Å². The third kappa shape index (κ3) is 5.20. The van der Waals surface area contributed by atoms with Crippen LogP contribution < -0.4 is 5.32 Å². The van der Waals surface area contributed by atoms with Gasteiger partial charge >= 0.3 is 5.97 Å². The predicted octanol–water partition coefficient (Wildman–Crippen LogP) is 3.91. The number of ketones is 2. The topological polar surface area (TPSA) is 89.5 Å². The summed E-state index contributed by atoms with van der Waals surface area (Å²) >= 11 is 0. The SMILES string of the molecule is CC(=O)c1ccccc1NC(=O)[C@@H](C)OC(=O)CCC(=O)c1ccc2c(c1)CCC2. The van der Waals surface area contributed by atoms with E-state index in [0.29, 0.717) is 16.8 Å². The molecule has 0 bridgehead atoms. The zero-order valence-electron chi connectivity index (χ0n) is 17.2. The second-order valence-electron chi connectivity index (χ2n) is 7.48. The van der Waals surface area contributed by atoms with Gasteiger partial charge in [0.25, 0.3) is 5.91 Å². The number of hydrogen-bond donors (Lipinski definition) is 1. The summed E-state index contributed by atoms with van der Waals surface area (Å²) in [5, 5.41) is 2.61. The molecular weight excluding hydrogens is 382 g/mol. The first-order valence-electron chi connectivity index (χ1n) is 10.1. The Labute approximate surface area is 175 Å². The molecule has 1 atom stereocenters. The van der Waals surface area contributed by atoms with Crippen LogP contribution in [0.4, 0.5) is 5.69 Å². The zero-order chi connectivity index (χ0) is 21.7. The standard InChI is InChI=1S/C24H25NO5/c1-15(26)20-8-3-4-9-21(20)25-24(29)16(2)30-23(28)13-12-22(27)19-11-10-17-6-5-7-18(17)14-19/h3-4,8-11,14,16H,5-7,12-13H2,1-2H3,(H,25,29)/t16-/m1/s1. The van der Waals surface area contributed by atoms with Gasteiger partial charge in [-0.1, -0.05) is 24.3 Å². The van der Waals surface area contributed by atoms with E-state index in [1.54, 1.807) is 30.3 Å². The van der Waals surface area contributed by atoms with Crippen molar-refractivity contribution in [1.29, 1.82) is 0 Å². The van der Waals surface area contributed by atoms with Gasteiger partial charge < -0.3 is 10.1 Å². The summed E-state index contributed by atoms with van der Waals surface area (Å²) < 4.78 is 5.16. The first-order chi connectivity index (χ1) is 14.3. The molecular formula is C24H25NO5. The Balaban J connectivity index is 1.50. The Morgan fingerprint density at radius 2 is 1.73 bits per heavy atom. The van der Waals surface area contributed by atoms with Crippen LogP contribution in [0.2, 0.25) is 0 Å². The summed E-state index contributed by atoms with van der Waals surface area (Å²) in [4.78, 5) is 48.5. The number of anilines is 1. The molecule has 156 valence electrons. The van der Waals surface area contributed by atoms with Crippen molar-refractivity contribution < 1.29 is 23.9 Å². The minimum Gasteiger partial charge on any atom is -0.453 e. The Hall–Kier alpha value is -3.28. The molecule has 0 heterocycles. The van der Waals surface area contributed by atoms with Crippen LogP contribution in [0.25, 0.3) is 0 Å². The number of carbonyl (C=O) groups is 4. The molecule has 0 aliphatic heterocycles. The number of para-hydroxylation sites is 1. The first-order valence-corrected chi connectivity index (χ1v) is 10.1. The summed E-state index contributed by atoms with van der Waals surface area (Å²) in [6, 6.07) is 12.3. The van der Waals surface area contributed by atoms with Crippen molar-refractivity contribution in [2.75, 3.05) is 5.32 Å². The smallest absolute Gasteiger partial charge is 0.307 e. The van der Waals surface area contributed by atoms with Gasteiger partial charge in [-0.25, -0.2) is 0 Å². The number of fused-ring (bicyclic) bond motifs is 1. The van der Waals surface area contributed by atoms with Crippen LogP contribution in [0, 0.1) is 0 Å². The maximum Gasteiger partial charge on any atom is 0.307 e. The van der Waals surface area contributed by atoms with Crippen LogP contribution in [0.3, 0.4) is 0 Å². The predicted molar refractivity (Wildman–Crippen MR) is 113 cm³/mol. The molecule has 0 fully saturated rings. The van der Waals surface area contributed by atoms with E-state index >= 15 is 0 Å². The van der Waals surface area contributed by atoms with Crippen molar-refractivity contribution in [1.82, 2.24) is 0 Å². The highest BCUT2D eigenvalue weighted by atomic mass is 16.5. The van der Waals surface area contributed by atoms with E-state index in [0.717, 1.165) is 19.3 Å². The summed E-state index contributed by atoms with van der Waals surface area (Å²) in [6.45, 7) is 2.86. The summed E-state index contributed by atoms with van der Waals surface area (Å²) in [5.74, 6) is -1.45. The Morgan fingerprint density at radius 3 is 2.50 bits per heavy atom. The van der Waals surface area contributed by atoms with Gasteiger partial charge in [-0.3, -0.25) is 19.2 Å². The molecule has 0 unspecified atom stereocenters. The van der Waals surface area contributed by atoms with E-state index in [9.17, 15) is 19.2 Å². The van der Waals surface area contributed by atoms with Crippen LogP contribution in [0.5, 0.6) is 0 Å². The second-order valence-corrected chi connectivity index (χ2v) is 7.48. The highest BCUT2D eigenvalue weighted by molar-refractivity contribution is 6.04. The highest BCUT2D eigenvalue weighted by Gasteiger charge is 2.21. The van der Waals surface area contributed by atoms with Crippen molar-refractivity contribution in [2.24, 2.45) is 0 Å².